The average Bonchev–Trinajstić information content (AvgIpc) is 1.46. The summed E-state index contributed by atoms with van der Waals surface area (Å²) >= 11 is 2.23. The lowest BCUT2D eigenvalue weighted by Crippen LogP contribution is -2.33. The molecule has 16 N–H and O–H groups in total. The molecule has 8 aliphatic rings. The molecule has 8 fully saturated rings. The van der Waals surface area contributed by atoms with Crippen LogP contribution in [0.1, 0.15) is 265 Å². The number of aryl methyl sites for hydroxylation is 4. The third-order valence-electron chi connectivity index (χ3n) is 21.1. The first-order chi connectivity index (χ1) is 87.7. The number of aliphatic hydroxyl groups is 12. The van der Waals surface area contributed by atoms with Crippen molar-refractivity contribution >= 4 is 115 Å². The summed E-state index contributed by atoms with van der Waals surface area (Å²) in [4.78, 5) is 33.3. The quantitative estimate of drug-likeness (QED) is 0.00969. The molecule has 0 spiro atoms. The van der Waals surface area contributed by atoms with Gasteiger partial charge in [0.2, 0.25) is 0 Å². The van der Waals surface area contributed by atoms with Crippen LogP contribution in [0.3, 0.4) is 0 Å². The van der Waals surface area contributed by atoms with Crippen LogP contribution in [-0.2, 0) is 18.9 Å². The Bertz CT molecular complexity index is 9230. The van der Waals surface area contributed by atoms with Crippen LogP contribution in [0.4, 0.5) is 40.8 Å². The van der Waals surface area contributed by atoms with E-state index in [9.17, 15) is 78.8 Å². The Balaban J connectivity index is 0.000000168. The van der Waals surface area contributed by atoms with Crippen LogP contribution in [0.25, 0.3) is 44.7 Å². The van der Waals surface area contributed by atoms with Crippen molar-refractivity contribution in [2.24, 2.45) is 0 Å². The highest BCUT2D eigenvalue weighted by Crippen LogP contribution is 2.50. The smallest absolute Gasteiger partial charge is 0.191 e. The van der Waals surface area contributed by atoms with Gasteiger partial charge in [0, 0.05) is 126 Å². The largest absolute Gasteiger partial charge is 0.394 e. The second-order valence-electron chi connectivity index (χ2n) is 31.0. The summed E-state index contributed by atoms with van der Waals surface area (Å²) in [7, 11) is 0. The van der Waals surface area contributed by atoms with Crippen molar-refractivity contribution < 1.29 is 166 Å². The van der Waals surface area contributed by atoms with E-state index in [2.05, 4.69) is 112 Å². The molecule has 0 unspecified atom stereocenters. The number of hydrogen-bond donors (Lipinski definition) is 16. The molecule has 0 radical (unpaired) electrons. The summed E-state index contributed by atoms with van der Waals surface area (Å²) in [6, 6.07) is -8.50. The predicted octanol–water partition coefficient (Wildman–Crippen LogP) is 8.73. The first-order valence-electron chi connectivity index (χ1n) is 68.3. The van der Waals surface area contributed by atoms with E-state index in [4.69, 9.17) is 78.0 Å². The number of fused-ring (bicyclic) bond motifs is 4. The number of thioether (sulfide) groups is 4. The third kappa shape index (κ3) is 23.8. The zero-order chi connectivity index (χ0) is 147. The van der Waals surface area contributed by atoms with E-state index in [0.29, 0.717) is 58.6 Å². The van der Waals surface area contributed by atoms with E-state index in [0.717, 1.165) is 36.0 Å². The van der Waals surface area contributed by atoms with Gasteiger partial charge in [0.1, 0.15) is 71.9 Å². The monoisotopic (exact) mass is 2120 g/mol. The molecule has 144 heavy (non-hydrogen) atoms. The van der Waals surface area contributed by atoms with E-state index in [1.54, 1.807) is 0 Å². The van der Waals surface area contributed by atoms with Gasteiger partial charge in [-0.1, -0.05) is 144 Å². The molecule has 40 nitrogen and oxygen atoms in total. The number of hydrogen-bond acceptors (Lipinski definition) is 40. The van der Waals surface area contributed by atoms with Crippen LogP contribution in [0.5, 0.6) is 0 Å². The first kappa shape index (κ1) is 59.6. The van der Waals surface area contributed by atoms with Crippen LogP contribution in [0, 0.1) is 51.0 Å². The van der Waals surface area contributed by atoms with Crippen LogP contribution in [0.15, 0.2) is 93.4 Å². The fraction of sp³-hybridized carbons (Fsp3) is 0.583. The minimum atomic E-state index is -4.32. The van der Waals surface area contributed by atoms with E-state index >= 15 is 0 Å². The Morgan fingerprint density at radius 3 is 0.889 bits per heavy atom. The second kappa shape index (κ2) is 47.3. The lowest BCUT2D eigenvalue weighted by Gasteiger charge is -2.17. The summed E-state index contributed by atoms with van der Waals surface area (Å²) in [6.45, 7) is -7.08. The van der Waals surface area contributed by atoms with Gasteiger partial charge < -0.3 is 101 Å². The van der Waals surface area contributed by atoms with Crippen LogP contribution >= 0.6 is 47.0 Å². The minimum Gasteiger partial charge on any atom is -0.394 e. The molecule has 0 saturated heterocycles. The number of halogens is 4. The number of aromatic nitrogens is 20. The lowest BCUT2D eigenvalue weighted by molar-refractivity contribution is -0.0629. The normalized spacial score (nSPS) is 46.4. The fourth-order valence-electron chi connectivity index (χ4n) is 13.7. The predicted molar refractivity (Wildman–Crippen MR) is 530 cm³/mol. The van der Waals surface area contributed by atoms with Crippen molar-refractivity contribution in [1.29, 1.82) is 0 Å². The van der Waals surface area contributed by atoms with E-state index in [1.807, 2.05) is 6.92 Å². The molecule has 48 heteroatoms. The lowest BCUT2D eigenvalue weighted by atomic mass is 10.1. The van der Waals surface area contributed by atoms with Gasteiger partial charge in [-0.25, -0.2) is 76.2 Å². The Labute approximate surface area is 913 Å². The zero-order valence-corrected chi connectivity index (χ0v) is 79.5. The van der Waals surface area contributed by atoms with Gasteiger partial charge in [-0.3, -0.25) is 0 Å². The third-order valence-corrected chi connectivity index (χ3v) is 24.6. The summed E-state index contributed by atoms with van der Waals surface area (Å²) in [5.41, 5.74) is -9.57. The van der Waals surface area contributed by atoms with Gasteiger partial charge in [0.15, 0.2) is 88.6 Å². The van der Waals surface area contributed by atoms with Gasteiger partial charge >= 0.3 is 0 Å². The molecular weight excluding hydrogens is 1950 g/mol. The van der Waals surface area contributed by atoms with Crippen molar-refractivity contribution in [2.75, 3.05) is 96.8 Å². The minimum absolute atomic E-state index is 0.0713. The Kier molecular flexibility index (Phi) is 19.6. The molecule has 8 aliphatic carbocycles. The van der Waals surface area contributed by atoms with Crippen molar-refractivity contribution in [3.63, 3.8) is 0 Å². The molecule has 0 amide bonds. The molecule has 8 heterocycles. The number of ether oxygens (including phenoxy) is 4. The van der Waals surface area contributed by atoms with Gasteiger partial charge in [-0.05, 0) is 148 Å². The second-order valence-corrected chi connectivity index (χ2v) is 34.6. The van der Waals surface area contributed by atoms with Gasteiger partial charge in [-0.2, -0.15) is 0 Å². The van der Waals surface area contributed by atoms with Gasteiger partial charge in [0.25, 0.3) is 0 Å². The van der Waals surface area contributed by atoms with Crippen molar-refractivity contribution in [3.05, 3.63) is 141 Å². The molecule has 12 aromatic rings. The number of nitrogens with one attached hydrogen (secondary N) is 4. The maximum Gasteiger partial charge on any atom is 0.191 e. The maximum absolute atomic E-state index is 14.4. The standard InChI is InChI=1S/4C24H31FN6O4S/c4*1-3-8-36-24-27-22(26-16-10-14(16)13-5-4-12(2)15(25)9-13)19-23(28-24)31(30-29-19)17-11-18(35-7-6-32)21(34)20(17)33/h4*4-5,9,14,16-18,20-21,32-34H,3,6-8,10-11H2,1-2H3,(H,26,27,28)/t4*14-,16+,17+,18-,20-,21+/m0000/s1/i7D2,8D2,10D2,11D2,16D,17D,18D,20D,21D;6D2,8D2,10D2,11D2,16D,17D,18D,20D,21D;6D2,7D2,10D2,11D2,16D,17D,18D,20D,21D;8D2,10D2,11D2,16D,17D,18D,20D,21D. The molecule has 4 aromatic carbocycles. The number of aliphatic hydroxyl groups excluding tert-OH is 2. The number of rotatable bonds is 40. The summed E-state index contributed by atoms with van der Waals surface area (Å²) in [5.74, 6) is -9.23. The molecule has 20 rings (SSSR count). The molecule has 0 bridgehead atoms. The highest BCUT2D eigenvalue weighted by atomic mass is 32.2. The Morgan fingerprint density at radius 1 is 0.354 bits per heavy atom. The highest BCUT2D eigenvalue weighted by molar-refractivity contribution is 7.99. The van der Waals surface area contributed by atoms with Gasteiger partial charge in [0.05, 0.1) is 139 Å². The molecule has 8 saturated carbocycles. The molecule has 8 aromatic heterocycles. The first-order valence-corrected chi connectivity index (χ1v) is 46.7. The van der Waals surface area contributed by atoms with Crippen LogP contribution < -0.4 is 21.3 Å². The zero-order valence-electron chi connectivity index (χ0n) is 126. The Hall–Kier alpha value is -9.52. The Morgan fingerprint density at radius 2 is 0.632 bits per heavy atom. The maximum atomic E-state index is 14.4. The summed E-state index contributed by atoms with van der Waals surface area (Å²) in [6.07, 6.45) is -73.5. The summed E-state index contributed by atoms with van der Waals surface area (Å²) in [5, 5.41) is 165. The summed E-state index contributed by atoms with van der Waals surface area (Å²) < 4.78 is 498. The SMILES string of the molecule is [2H]C([2H])(CC)Sc1nc(N[C@@]2([2H])[C@H](c3ccc(C)c(F)c3)C2([2H])[2H])c2nnn([C@]3([2H])C([2H])([2H])[C@]([2H])(OCCO)[C@@]([2H])(O)[C@@]3([2H])O)c2n1.[2H]C([2H])(CO)O[C@@]1([2H])C([2H])([2H])[C@@]([2H])(n2nnc3c(N[C@@]4([2H])[C@H](c5ccc(C)c(F)c5)C4([2H])[2H])nc(SC([2H])([2H])CC)nc32)[C@]([2H])(O)[C@]1([2H])O.[2H]C([2H])(O)C([2H])([2H])O[C@@]1([2H])C([2H])([2H])[C@@]([2H])(n2nnc3c(N[C@@]4([2H])[C@H](c5ccc(C)c(F)c5)C4([2H])[2H])nc(SCCC)nc32)[C@]([2H])(O)[C@]1([2H])O.[2H]C([2H])(O)CO[C@@]1([2H])C([2H])([2H])[C@@]([2H])(n2nnc3c(N[C@@]4([2H])[C@H](c5ccc(C)c(F)c5)C4([2H])[2H])nc(SC([2H])([2H])CC)nc32)[C@]([2H])(O)[C@]1([2H])O. The van der Waals surface area contributed by atoms with Crippen LogP contribution in [-0.4, -0.2) is 334 Å². The fourth-order valence-corrected chi connectivity index (χ4v) is 16.0. The van der Waals surface area contributed by atoms with Crippen LogP contribution in [0.2, 0.25) is 0 Å². The van der Waals surface area contributed by atoms with E-state index < -0.39 is 372 Å². The van der Waals surface area contributed by atoms with Crippen molar-refractivity contribution in [2.45, 2.75) is 297 Å². The number of nitrogens with zero attached hydrogens (tertiary/aromatic N) is 20. The topological polar surface area (TPSA) is 554 Å². The molecular formula is C96H124F4N24O16S4. The molecule has 24 atom stereocenters. The van der Waals surface area contributed by atoms with Crippen molar-refractivity contribution in [1.82, 2.24) is 99.8 Å². The molecule has 776 valence electrons. The molecule has 0 aliphatic heterocycles. The number of anilines is 4. The van der Waals surface area contributed by atoms with E-state index in [1.165, 1.54) is 97.0 Å². The number of benzene rings is 4. The average molecular weight is 2120 g/mol. The van der Waals surface area contributed by atoms with Gasteiger partial charge in [-0.15, -0.1) is 20.4 Å². The van der Waals surface area contributed by atoms with E-state index in [-0.39, 0.29) is 76.5 Å². The van der Waals surface area contributed by atoms with Crippen molar-refractivity contribution in [3.8, 4) is 0 Å². The highest BCUT2D eigenvalue weighted by Gasteiger charge is 2.51.